The fraction of sp³-hybridized carbons (Fsp3) is 0.0667. The molecule has 0 saturated carbocycles. The summed E-state index contributed by atoms with van der Waals surface area (Å²) in [7, 11) is 0. The summed E-state index contributed by atoms with van der Waals surface area (Å²) in [5.74, 6) is 0.173. The molecule has 2 aromatic carbocycles. The predicted octanol–water partition coefficient (Wildman–Crippen LogP) is 2.81. The molecule has 0 bridgehead atoms. The number of non-ortho nitro benzene ring substituents is 1. The SMILES string of the molecule is Cc1ccc2oc3nc(=O)c4cc([N+](=O)[O-])ccc4n3c2c1. The standard InChI is InChI=1S/C15H9N3O4/c1-8-2-5-13-12(6-8)17-11-4-3-9(18(20)21)7-10(11)14(19)16-15(17)22-13/h2-7H,1H3. The van der Waals surface area contributed by atoms with Gasteiger partial charge in [0.1, 0.15) is 0 Å². The Labute approximate surface area is 122 Å². The van der Waals surface area contributed by atoms with Gasteiger partial charge in [-0.25, -0.2) is 0 Å². The van der Waals surface area contributed by atoms with Gasteiger partial charge >= 0.3 is 5.84 Å². The molecule has 2 aromatic heterocycles. The van der Waals surface area contributed by atoms with Crippen molar-refractivity contribution >= 4 is 33.5 Å². The van der Waals surface area contributed by atoms with Crippen LogP contribution in [0, 0.1) is 17.0 Å². The number of rotatable bonds is 1. The van der Waals surface area contributed by atoms with Crippen LogP contribution in [0.3, 0.4) is 0 Å². The average Bonchev–Trinajstić information content (AvgIpc) is 2.84. The second-order valence-electron chi connectivity index (χ2n) is 5.07. The third kappa shape index (κ3) is 1.62. The first-order chi connectivity index (χ1) is 10.5. The van der Waals surface area contributed by atoms with E-state index in [4.69, 9.17) is 4.42 Å². The molecule has 22 heavy (non-hydrogen) atoms. The fourth-order valence-corrected chi connectivity index (χ4v) is 2.59. The van der Waals surface area contributed by atoms with Crippen LogP contribution in [0.1, 0.15) is 5.56 Å². The Bertz CT molecular complexity index is 1140. The van der Waals surface area contributed by atoms with Gasteiger partial charge in [-0.15, -0.1) is 0 Å². The first-order valence-corrected chi connectivity index (χ1v) is 6.55. The van der Waals surface area contributed by atoms with E-state index in [1.807, 2.05) is 19.1 Å². The molecular formula is C15H9N3O4. The molecule has 2 heterocycles. The molecule has 0 saturated heterocycles. The molecule has 0 aliphatic heterocycles. The predicted molar refractivity (Wildman–Crippen MR) is 80.1 cm³/mol. The van der Waals surface area contributed by atoms with Crippen molar-refractivity contribution in [2.75, 3.05) is 0 Å². The van der Waals surface area contributed by atoms with Gasteiger partial charge in [0, 0.05) is 12.1 Å². The zero-order chi connectivity index (χ0) is 15.4. The topological polar surface area (TPSA) is 90.6 Å². The minimum absolute atomic E-state index is 0.143. The highest BCUT2D eigenvalue weighted by atomic mass is 16.6. The summed E-state index contributed by atoms with van der Waals surface area (Å²) in [6, 6.07) is 9.77. The van der Waals surface area contributed by atoms with Gasteiger partial charge in [0.05, 0.1) is 21.3 Å². The Balaban J connectivity index is 2.26. The molecule has 7 heteroatoms. The van der Waals surface area contributed by atoms with E-state index in [1.54, 1.807) is 16.5 Å². The second kappa shape index (κ2) is 4.14. The number of aromatic nitrogens is 2. The molecule has 0 aliphatic rings. The van der Waals surface area contributed by atoms with Crippen molar-refractivity contribution in [3.8, 4) is 0 Å². The summed E-state index contributed by atoms with van der Waals surface area (Å²) in [6.07, 6.45) is 0. The first-order valence-electron chi connectivity index (χ1n) is 6.55. The maximum absolute atomic E-state index is 12.1. The number of fused-ring (bicyclic) bond motifs is 5. The van der Waals surface area contributed by atoms with Crippen LogP contribution in [0.5, 0.6) is 0 Å². The smallest absolute Gasteiger partial charge is 0.310 e. The summed E-state index contributed by atoms with van der Waals surface area (Å²) < 4.78 is 7.29. The number of hydrogen-bond acceptors (Lipinski definition) is 5. The Kier molecular flexibility index (Phi) is 2.35. The zero-order valence-electron chi connectivity index (χ0n) is 11.4. The molecule has 0 N–H and O–H groups in total. The molecule has 0 amide bonds. The zero-order valence-corrected chi connectivity index (χ0v) is 11.4. The number of nitro groups is 1. The molecule has 0 atom stereocenters. The van der Waals surface area contributed by atoms with E-state index < -0.39 is 10.5 Å². The third-order valence-electron chi connectivity index (χ3n) is 3.61. The molecule has 108 valence electrons. The van der Waals surface area contributed by atoms with Crippen LogP contribution in [-0.4, -0.2) is 14.3 Å². The Hall–Kier alpha value is -3.22. The van der Waals surface area contributed by atoms with Gasteiger partial charge < -0.3 is 4.42 Å². The molecule has 4 rings (SSSR count). The minimum atomic E-state index is -0.547. The van der Waals surface area contributed by atoms with Gasteiger partial charge in [-0.2, -0.15) is 4.98 Å². The number of nitro benzene ring substituents is 1. The van der Waals surface area contributed by atoms with Crippen LogP contribution in [-0.2, 0) is 0 Å². The lowest BCUT2D eigenvalue weighted by Crippen LogP contribution is -2.09. The van der Waals surface area contributed by atoms with E-state index in [-0.39, 0.29) is 16.9 Å². The van der Waals surface area contributed by atoms with E-state index in [1.165, 1.54) is 12.1 Å². The van der Waals surface area contributed by atoms with Crippen LogP contribution < -0.4 is 5.56 Å². The number of hydrogen-bond donors (Lipinski definition) is 0. The van der Waals surface area contributed by atoms with E-state index in [2.05, 4.69) is 4.98 Å². The van der Waals surface area contributed by atoms with Crippen LogP contribution >= 0.6 is 0 Å². The Morgan fingerprint density at radius 1 is 1.18 bits per heavy atom. The first kappa shape index (κ1) is 12.5. The van der Waals surface area contributed by atoms with E-state index in [0.717, 1.165) is 11.1 Å². The van der Waals surface area contributed by atoms with Gasteiger partial charge in [-0.1, -0.05) is 6.07 Å². The Morgan fingerprint density at radius 3 is 2.77 bits per heavy atom. The number of nitrogens with zero attached hydrogens (tertiary/aromatic N) is 3. The van der Waals surface area contributed by atoms with E-state index in [9.17, 15) is 14.9 Å². The number of oxazole rings is 1. The molecule has 7 nitrogen and oxygen atoms in total. The van der Waals surface area contributed by atoms with Crippen molar-refractivity contribution in [2.45, 2.75) is 6.92 Å². The Morgan fingerprint density at radius 2 is 2.00 bits per heavy atom. The van der Waals surface area contributed by atoms with Crippen LogP contribution in [0.2, 0.25) is 0 Å². The second-order valence-corrected chi connectivity index (χ2v) is 5.07. The molecular weight excluding hydrogens is 286 g/mol. The molecule has 0 radical (unpaired) electrons. The molecule has 4 aromatic rings. The van der Waals surface area contributed by atoms with Gasteiger partial charge in [-0.05, 0) is 30.7 Å². The third-order valence-corrected chi connectivity index (χ3v) is 3.61. The number of aryl methyl sites for hydroxylation is 1. The lowest BCUT2D eigenvalue weighted by Gasteiger charge is -2.01. The van der Waals surface area contributed by atoms with Gasteiger partial charge in [0.2, 0.25) is 0 Å². The van der Waals surface area contributed by atoms with E-state index >= 15 is 0 Å². The van der Waals surface area contributed by atoms with Crippen LogP contribution in [0.4, 0.5) is 5.69 Å². The summed E-state index contributed by atoms with van der Waals surface area (Å²) in [6.45, 7) is 1.95. The highest BCUT2D eigenvalue weighted by Gasteiger charge is 2.15. The molecule has 0 aliphatic carbocycles. The highest BCUT2D eigenvalue weighted by Crippen LogP contribution is 2.25. The van der Waals surface area contributed by atoms with Gasteiger partial charge in [-0.3, -0.25) is 19.3 Å². The quantitative estimate of drug-likeness (QED) is 0.398. The summed E-state index contributed by atoms with van der Waals surface area (Å²) in [5.41, 5.74) is 2.24. The lowest BCUT2D eigenvalue weighted by molar-refractivity contribution is -0.384. The van der Waals surface area contributed by atoms with Gasteiger partial charge in [0.15, 0.2) is 5.58 Å². The van der Waals surface area contributed by atoms with E-state index in [0.29, 0.717) is 11.1 Å². The number of benzene rings is 2. The molecule has 0 spiro atoms. The highest BCUT2D eigenvalue weighted by molar-refractivity contribution is 5.88. The summed E-state index contributed by atoms with van der Waals surface area (Å²) >= 11 is 0. The van der Waals surface area contributed by atoms with Crippen LogP contribution in [0.15, 0.2) is 45.6 Å². The molecule has 0 fully saturated rings. The summed E-state index contributed by atoms with van der Waals surface area (Å²) in [4.78, 5) is 26.3. The maximum atomic E-state index is 12.1. The minimum Gasteiger partial charge on any atom is -0.423 e. The van der Waals surface area contributed by atoms with Crippen molar-refractivity contribution in [1.82, 2.24) is 9.38 Å². The van der Waals surface area contributed by atoms with Crippen molar-refractivity contribution in [3.63, 3.8) is 0 Å². The average molecular weight is 295 g/mol. The monoisotopic (exact) mass is 295 g/mol. The lowest BCUT2D eigenvalue weighted by atomic mass is 10.2. The maximum Gasteiger partial charge on any atom is 0.310 e. The van der Waals surface area contributed by atoms with Crippen molar-refractivity contribution in [2.24, 2.45) is 0 Å². The van der Waals surface area contributed by atoms with Gasteiger partial charge in [0.25, 0.3) is 11.2 Å². The fourth-order valence-electron chi connectivity index (χ4n) is 2.59. The van der Waals surface area contributed by atoms with Crippen molar-refractivity contribution < 1.29 is 9.34 Å². The van der Waals surface area contributed by atoms with Crippen LogP contribution in [0.25, 0.3) is 27.8 Å². The largest absolute Gasteiger partial charge is 0.423 e. The summed E-state index contributed by atoms with van der Waals surface area (Å²) in [5, 5.41) is 11.1. The van der Waals surface area contributed by atoms with Crippen molar-refractivity contribution in [3.05, 3.63) is 62.4 Å². The molecule has 0 unspecified atom stereocenters. The normalized spacial score (nSPS) is 11.5. The van der Waals surface area contributed by atoms with Crippen molar-refractivity contribution in [1.29, 1.82) is 0 Å².